The van der Waals surface area contributed by atoms with Gasteiger partial charge in [0.05, 0.1) is 0 Å². The van der Waals surface area contributed by atoms with Gasteiger partial charge in [0.1, 0.15) is 10.0 Å². The minimum Gasteiger partial charge on any atom is -0.382 e. The molecule has 1 heterocycles. The Kier molecular flexibility index (Phi) is 4.54. The predicted octanol–water partition coefficient (Wildman–Crippen LogP) is 0.936. The Hall–Kier alpha value is -0.900. The first kappa shape index (κ1) is 15.2. The highest BCUT2D eigenvalue weighted by Crippen LogP contribution is 2.19. The third-order valence-electron chi connectivity index (χ3n) is 1.86. The third kappa shape index (κ3) is 4.09. The number of halogens is 4. The number of hydrogen-bond acceptors (Lipinski definition) is 4. The van der Waals surface area contributed by atoms with E-state index in [1.165, 1.54) is 6.07 Å². The molecule has 2 N–H and O–H groups in total. The summed E-state index contributed by atoms with van der Waals surface area (Å²) in [6.07, 6.45) is -6.77. The molecule has 0 fully saturated rings. The zero-order valence-electron chi connectivity index (χ0n) is 8.65. The molecule has 0 aliphatic rings. The van der Waals surface area contributed by atoms with Crippen molar-refractivity contribution in [2.75, 3.05) is 6.54 Å². The molecule has 5 nitrogen and oxygen atoms in total. The number of nitrogens with one attached hydrogen (secondary N) is 1. The van der Waals surface area contributed by atoms with E-state index in [0.717, 1.165) is 12.3 Å². The first-order chi connectivity index (χ1) is 8.13. The van der Waals surface area contributed by atoms with Crippen molar-refractivity contribution in [2.45, 2.75) is 17.2 Å². The van der Waals surface area contributed by atoms with Gasteiger partial charge < -0.3 is 5.11 Å². The summed E-state index contributed by atoms with van der Waals surface area (Å²) >= 11 is 5.43. The number of hydrogen-bond donors (Lipinski definition) is 2. The molecule has 0 radical (unpaired) electrons. The second-order valence-electron chi connectivity index (χ2n) is 3.23. The normalized spacial score (nSPS) is 14.5. The maximum absolute atomic E-state index is 12.0. The molecule has 0 aromatic carbocycles. The van der Waals surface area contributed by atoms with Crippen LogP contribution in [0.15, 0.2) is 23.2 Å². The van der Waals surface area contributed by atoms with Crippen molar-refractivity contribution in [1.29, 1.82) is 0 Å². The maximum atomic E-state index is 12.0. The van der Waals surface area contributed by atoms with Crippen molar-refractivity contribution < 1.29 is 26.7 Å². The van der Waals surface area contributed by atoms with Crippen LogP contribution in [0.3, 0.4) is 0 Å². The number of nitrogens with zero attached hydrogens (tertiary/aromatic N) is 1. The molecule has 1 aromatic rings. The van der Waals surface area contributed by atoms with Crippen molar-refractivity contribution in [3.05, 3.63) is 23.5 Å². The van der Waals surface area contributed by atoms with E-state index in [4.69, 9.17) is 16.7 Å². The molecule has 102 valence electrons. The molecular weight excluding hydrogens is 297 g/mol. The lowest BCUT2D eigenvalue weighted by molar-refractivity contribution is -0.200. The molecule has 18 heavy (non-hydrogen) atoms. The smallest absolute Gasteiger partial charge is 0.382 e. The molecule has 0 saturated carbocycles. The molecule has 0 aliphatic heterocycles. The highest BCUT2D eigenvalue weighted by molar-refractivity contribution is 7.89. The third-order valence-corrected chi connectivity index (χ3v) is 3.49. The topological polar surface area (TPSA) is 79.3 Å². The first-order valence-electron chi connectivity index (χ1n) is 4.49. The van der Waals surface area contributed by atoms with Crippen LogP contribution in [-0.2, 0) is 10.0 Å². The van der Waals surface area contributed by atoms with Crippen LogP contribution in [-0.4, -0.2) is 37.3 Å². The van der Waals surface area contributed by atoms with Crippen molar-refractivity contribution >= 4 is 21.6 Å². The number of pyridine rings is 1. The fraction of sp³-hybridized carbons (Fsp3) is 0.375. The predicted molar refractivity (Wildman–Crippen MR) is 56.5 cm³/mol. The second-order valence-corrected chi connectivity index (χ2v) is 5.38. The lowest BCUT2D eigenvalue weighted by atomic mass is 10.4. The summed E-state index contributed by atoms with van der Waals surface area (Å²) in [5.41, 5.74) is 0. The fourth-order valence-corrected chi connectivity index (χ4v) is 2.00. The molecule has 0 spiro atoms. The van der Waals surface area contributed by atoms with Gasteiger partial charge in [-0.1, -0.05) is 11.6 Å². The van der Waals surface area contributed by atoms with Gasteiger partial charge >= 0.3 is 6.18 Å². The number of aliphatic hydroxyl groups is 1. The van der Waals surface area contributed by atoms with Crippen LogP contribution < -0.4 is 4.72 Å². The van der Waals surface area contributed by atoms with Crippen molar-refractivity contribution in [2.24, 2.45) is 0 Å². The Labute approximate surface area is 106 Å². The summed E-state index contributed by atoms with van der Waals surface area (Å²) in [6.45, 7) is -1.17. The Morgan fingerprint density at radius 3 is 2.50 bits per heavy atom. The van der Waals surface area contributed by atoms with Gasteiger partial charge in [0.25, 0.3) is 0 Å². The monoisotopic (exact) mass is 304 g/mol. The zero-order chi connectivity index (χ0) is 14.0. The van der Waals surface area contributed by atoms with E-state index in [-0.39, 0.29) is 10.0 Å². The molecular formula is C8H8ClF3N2O3S. The van der Waals surface area contributed by atoms with E-state index in [0.29, 0.717) is 0 Å². The maximum Gasteiger partial charge on any atom is 0.415 e. The standard InChI is InChI=1S/C8H8ClF3N2O3S/c9-7-2-1-5(3-13-7)18(16,17)14-4-6(15)8(10,11)12/h1-3,6,14-15H,4H2. The summed E-state index contributed by atoms with van der Waals surface area (Å²) in [5.74, 6) is 0. The van der Waals surface area contributed by atoms with Crippen LogP contribution in [0.1, 0.15) is 0 Å². The molecule has 1 aromatic heterocycles. The number of sulfonamides is 1. The SMILES string of the molecule is O=S(=O)(NCC(O)C(F)(F)F)c1ccc(Cl)nc1. The molecule has 1 rings (SSSR count). The van der Waals surface area contributed by atoms with E-state index < -0.39 is 28.8 Å². The van der Waals surface area contributed by atoms with E-state index in [1.807, 2.05) is 0 Å². The summed E-state index contributed by atoms with van der Waals surface area (Å²) in [7, 11) is -4.16. The Morgan fingerprint density at radius 2 is 2.06 bits per heavy atom. The van der Waals surface area contributed by atoms with Gasteiger partial charge in [0.15, 0.2) is 6.10 Å². The molecule has 1 atom stereocenters. The fourth-order valence-electron chi connectivity index (χ4n) is 0.909. The molecule has 0 saturated heterocycles. The lowest BCUT2D eigenvalue weighted by Gasteiger charge is -2.15. The summed E-state index contributed by atoms with van der Waals surface area (Å²) in [4.78, 5) is 3.14. The van der Waals surface area contributed by atoms with Crippen LogP contribution in [0.4, 0.5) is 13.2 Å². The van der Waals surface area contributed by atoms with E-state index in [2.05, 4.69) is 4.98 Å². The van der Waals surface area contributed by atoms with Crippen LogP contribution >= 0.6 is 11.6 Å². The minimum absolute atomic E-state index is 0.0456. The van der Waals surface area contributed by atoms with Crippen molar-refractivity contribution in [1.82, 2.24) is 9.71 Å². The van der Waals surface area contributed by atoms with Crippen LogP contribution in [0.25, 0.3) is 0 Å². The largest absolute Gasteiger partial charge is 0.415 e. The van der Waals surface area contributed by atoms with Gasteiger partial charge in [-0.3, -0.25) is 0 Å². The van der Waals surface area contributed by atoms with Crippen LogP contribution in [0, 0.1) is 0 Å². The van der Waals surface area contributed by atoms with Gasteiger partial charge in [0.2, 0.25) is 10.0 Å². The average molecular weight is 305 g/mol. The zero-order valence-corrected chi connectivity index (χ0v) is 10.2. The van der Waals surface area contributed by atoms with E-state index in [9.17, 15) is 21.6 Å². The number of rotatable bonds is 4. The summed E-state index contributed by atoms with van der Waals surface area (Å²) in [6, 6.07) is 2.26. The van der Waals surface area contributed by atoms with Crippen LogP contribution in [0.5, 0.6) is 0 Å². The van der Waals surface area contributed by atoms with Gasteiger partial charge in [-0.15, -0.1) is 0 Å². The highest BCUT2D eigenvalue weighted by atomic mass is 35.5. The lowest BCUT2D eigenvalue weighted by Crippen LogP contribution is -2.40. The van der Waals surface area contributed by atoms with Gasteiger partial charge in [-0.25, -0.2) is 18.1 Å². The Balaban J connectivity index is 2.75. The molecule has 0 aliphatic carbocycles. The van der Waals surface area contributed by atoms with Crippen molar-refractivity contribution in [3.63, 3.8) is 0 Å². The molecule has 1 unspecified atom stereocenters. The summed E-state index contributed by atoms with van der Waals surface area (Å²) in [5, 5.41) is 8.70. The number of aliphatic hydroxyl groups excluding tert-OH is 1. The Morgan fingerprint density at radius 1 is 1.44 bits per heavy atom. The second kappa shape index (κ2) is 5.39. The minimum atomic E-state index is -4.89. The quantitative estimate of drug-likeness (QED) is 0.811. The highest BCUT2D eigenvalue weighted by Gasteiger charge is 2.38. The van der Waals surface area contributed by atoms with Gasteiger partial charge in [-0.2, -0.15) is 13.2 Å². The average Bonchev–Trinajstić information content (AvgIpc) is 2.25. The Bertz CT molecular complexity index is 503. The molecule has 0 amide bonds. The van der Waals surface area contributed by atoms with Gasteiger partial charge in [-0.05, 0) is 12.1 Å². The van der Waals surface area contributed by atoms with Gasteiger partial charge in [0, 0.05) is 12.7 Å². The summed E-state index contributed by atoms with van der Waals surface area (Å²) < 4.78 is 60.5. The number of aromatic nitrogens is 1. The van der Waals surface area contributed by atoms with E-state index in [1.54, 1.807) is 4.72 Å². The molecule has 0 bridgehead atoms. The number of alkyl halides is 3. The van der Waals surface area contributed by atoms with Crippen LogP contribution in [0.2, 0.25) is 5.15 Å². The molecule has 10 heteroatoms. The first-order valence-corrected chi connectivity index (χ1v) is 6.35. The van der Waals surface area contributed by atoms with Crippen molar-refractivity contribution in [3.8, 4) is 0 Å². The van der Waals surface area contributed by atoms with E-state index >= 15 is 0 Å².